The topological polar surface area (TPSA) is 0 Å². The summed E-state index contributed by atoms with van der Waals surface area (Å²) in [6.45, 7) is 6.12. The van der Waals surface area contributed by atoms with E-state index in [-0.39, 0.29) is 17.1 Å². The summed E-state index contributed by atoms with van der Waals surface area (Å²) >= 11 is 0. The van der Waals surface area contributed by atoms with Crippen molar-refractivity contribution in [2.75, 3.05) is 0 Å². The smallest absolute Gasteiger partial charge is 0 e. The van der Waals surface area contributed by atoms with Crippen LogP contribution in [0.15, 0.2) is 0 Å². The van der Waals surface area contributed by atoms with Crippen molar-refractivity contribution in [2.45, 2.75) is 71.1 Å². The molecule has 0 amide bonds. The Hall–Kier alpha value is 0.519. The van der Waals surface area contributed by atoms with Crippen molar-refractivity contribution in [3.63, 3.8) is 0 Å². The SMILES string of the molecule is [CH2]CCCCCCCCCCC.[Mn]. The first-order valence-corrected chi connectivity index (χ1v) is 5.71. The van der Waals surface area contributed by atoms with E-state index in [0.717, 1.165) is 6.42 Å². The Bertz CT molecular complexity index is 61.5. The molecule has 0 aliphatic carbocycles. The maximum Gasteiger partial charge on any atom is 0 e. The molecule has 0 heterocycles. The fourth-order valence-electron chi connectivity index (χ4n) is 1.49. The molecule has 0 fully saturated rings. The summed E-state index contributed by atoms with van der Waals surface area (Å²) in [5, 5.41) is 0. The molecule has 0 saturated carbocycles. The second-order valence-electron chi connectivity index (χ2n) is 3.68. The van der Waals surface area contributed by atoms with E-state index in [0.29, 0.717) is 0 Å². The molecule has 0 aromatic carbocycles. The summed E-state index contributed by atoms with van der Waals surface area (Å²) in [6.07, 6.45) is 13.9. The fourth-order valence-corrected chi connectivity index (χ4v) is 1.49. The van der Waals surface area contributed by atoms with Gasteiger partial charge in [0.25, 0.3) is 0 Å². The largest absolute Gasteiger partial charge is 0.0654 e. The van der Waals surface area contributed by atoms with Gasteiger partial charge in [-0.1, -0.05) is 78.1 Å². The van der Waals surface area contributed by atoms with E-state index in [1.807, 2.05) is 0 Å². The first kappa shape index (κ1) is 16.0. The zero-order valence-electron chi connectivity index (χ0n) is 9.16. The molecule has 2 radical (unpaired) electrons. The summed E-state index contributed by atoms with van der Waals surface area (Å²) in [4.78, 5) is 0. The van der Waals surface area contributed by atoms with Crippen molar-refractivity contribution in [2.24, 2.45) is 0 Å². The van der Waals surface area contributed by atoms with Gasteiger partial charge < -0.3 is 0 Å². The quantitative estimate of drug-likeness (QED) is 0.392. The van der Waals surface area contributed by atoms with Gasteiger partial charge in [-0.25, -0.2) is 0 Å². The molecule has 1 heteroatoms. The number of hydrogen-bond acceptors (Lipinski definition) is 0. The van der Waals surface area contributed by atoms with Crippen LogP contribution in [0.25, 0.3) is 0 Å². The predicted molar refractivity (Wildman–Crippen MR) is 57.2 cm³/mol. The van der Waals surface area contributed by atoms with Crippen LogP contribution in [0, 0.1) is 6.92 Å². The number of unbranched alkanes of at least 4 members (excludes halogenated alkanes) is 9. The van der Waals surface area contributed by atoms with Crippen LogP contribution >= 0.6 is 0 Å². The van der Waals surface area contributed by atoms with Crippen LogP contribution in [-0.2, 0) is 17.1 Å². The summed E-state index contributed by atoms with van der Waals surface area (Å²) in [5.41, 5.74) is 0. The normalized spacial score (nSPS) is 9.69. The Balaban J connectivity index is 0. The van der Waals surface area contributed by atoms with Crippen LogP contribution in [-0.4, -0.2) is 0 Å². The minimum atomic E-state index is 0. The van der Waals surface area contributed by atoms with E-state index >= 15 is 0 Å². The van der Waals surface area contributed by atoms with Crippen LogP contribution in [0.4, 0.5) is 0 Å². The van der Waals surface area contributed by atoms with Crippen LogP contribution in [0.5, 0.6) is 0 Å². The van der Waals surface area contributed by atoms with Crippen LogP contribution < -0.4 is 0 Å². The summed E-state index contributed by atoms with van der Waals surface area (Å²) in [5.74, 6) is 0. The molecule has 0 nitrogen and oxygen atoms in total. The van der Waals surface area contributed by atoms with E-state index in [2.05, 4.69) is 13.8 Å². The Morgan fingerprint density at radius 3 is 1.46 bits per heavy atom. The molecule has 0 aromatic heterocycles. The van der Waals surface area contributed by atoms with Crippen molar-refractivity contribution in [3.8, 4) is 0 Å². The van der Waals surface area contributed by atoms with Crippen LogP contribution in [0.1, 0.15) is 71.1 Å². The van der Waals surface area contributed by atoms with Gasteiger partial charge in [0.2, 0.25) is 0 Å². The van der Waals surface area contributed by atoms with Gasteiger partial charge in [0.15, 0.2) is 0 Å². The molecule has 0 aliphatic rings. The number of rotatable bonds is 9. The van der Waals surface area contributed by atoms with Crippen LogP contribution in [0.3, 0.4) is 0 Å². The zero-order chi connectivity index (χ0) is 9.07. The molecule has 0 N–H and O–H groups in total. The molecular weight excluding hydrogens is 199 g/mol. The second-order valence-corrected chi connectivity index (χ2v) is 3.68. The average molecular weight is 224 g/mol. The molecule has 0 aromatic rings. The molecule has 0 atom stereocenters. The van der Waals surface area contributed by atoms with Gasteiger partial charge in [0, 0.05) is 17.1 Å². The average Bonchev–Trinajstić information content (AvgIpc) is 2.10. The Morgan fingerprint density at radius 1 is 0.692 bits per heavy atom. The molecule has 13 heavy (non-hydrogen) atoms. The van der Waals surface area contributed by atoms with Crippen molar-refractivity contribution in [1.82, 2.24) is 0 Å². The fraction of sp³-hybridized carbons (Fsp3) is 0.917. The van der Waals surface area contributed by atoms with Crippen molar-refractivity contribution in [1.29, 1.82) is 0 Å². The van der Waals surface area contributed by atoms with E-state index in [9.17, 15) is 0 Å². The molecule has 0 unspecified atom stereocenters. The maximum absolute atomic E-state index is 3.84. The maximum atomic E-state index is 3.84. The Kier molecular flexibility index (Phi) is 18.4. The summed E-state index contributed by atoms with van der Waals surface area (Å²) < 4.78 is 0. The minimum Gasteiger partial charge on any atom is -0.0654 e. The van der Waals surface area contributed by atoms with E-state index < -0.39 is 0 Å². The van der Waals surface area contributed by atoms with Gasteiger partial charge in [-0.15, -0.1) is 0 Å². The summed E-state index contributed by atoms with van der Waals surface area (Å²) in [7, 11) is 0. The third-order valence-electron chi connectivity index (χ3n) is 2.35. The molecule has 0 bridgehead atoms. The van der Waals surface area contributed by atoms with Crippen molar-refractivity contribution < 1.29 is 17.1 Å². The Labute approximate surface area is 95.3 Å². The molecule has 0 aliphatic heterocycles. The summed E-state index contributed by atoms with van der Waals surface area (Å²) in [6, 6.07) is 0. The molecule has 80 valence electrons. The van der Waals surface area contributed by atoms with Gasteiger partial charge in [-0.05, 0) is 0 Å². The second kappa shape index (κ2) is 15.0. The predicted octanol–water partition coefficient (Wildman–Crippen LogP) is 4.74. The third-order valence-corrected chi connectivity index (χ3v) is 2.35. The standard InChI is InChI=1S/C12H25.Mn/c1-3-5-7-9-11-12-10-8-6-4-2;/h1,3-12H2,2H3;. The van der Waals surface area contributed by atoms with Gasteiger partial charge in [-0.2, -0.15) is 0 Å². The molecule has 0 spiro atoms. The Morgan fingerprint density at radius 2 is 1.08 bits per heavy atom. The van der Waals surface area contributed by atoms with Crippen molar-refractivity contribution >= 4 is 0 Å². The van der Waals surface area contributed by atoms with Gasteiger partial charge >= 0.3 is 0 Å². The van der Waals surface area contributed by atoms with Crippen LogP contribution in [0.2, 0.25) is 0 Å². The minimum absolute atomic E-state index is 0. The van der Waals surface area contributed by atoms with E-state index in [4.69, 9.17) is 0 Å². The van der Waals surface area contributed by atoms with Gasteiger partial charge in [0.05, 0.1) is 0 Å². The third kappa shape index (κ3) is 15.3. The van der Waals surface area contributed by atoms with Crippen molar-refractivity contribution in [3.05, 3.63) is 6.92 Å². The van der Waals surface area contributed by atoms with Gasteiger partial charge in [-0.3, -0.25) is 0 Å². The number of hydrogen-bond donors (Lipinski definition) is 0. The first-order valence-electron chi connectivity index (χ1n) is 5.71. The monoisotopic (exact) mass is 224 g/mol. The molecular formula is C12H25Mn. The van der Waals surface area contributed by atoms with E-state index in [1.165, 1.54) is 57.8 Å². The molecule has 0 rings (SSSR count). The first-order chi connectivity index (χ1) is 5.91. The molecule has 0 saturated heterocycles. The van der Waals surface area contributed by atoms with E-state index in [1.54, 1.807) is 0 Å². The van der Waals surface area contributed by atoms with Gasteiger partial charge in [0.1, 0.15) is 0 Å². The zero-order valence-corrected chi connectivity index (χ0v) is 10.3.